The van der Waals surface area contributed by atoms with Gasteiger partial charge in [-0.1, -0.05) is 12.1 Å². The second-order valence-electron chi connectivity index (χ2n) is 6.73. The number of aromatic nitrogens is 3. The van der Waals surface area contributed by atoms with Crippen molar-refractivity contribution in [2.75, 3.05) is 13.1 Å². The highest BCUT2D eigenvalue weighted by Crippen LogP contribution is 2.42. The Morgan fingerprint density at radius 1 is 1.31 bits per heavy atom. The van der Waals surface area contributed by atoms with Crippen molar-refractivity contribution in [1.82, 2.24) is 19.4 Å². The molecule has 1 spiro atoms. The van der Waals surface area contributed by atoms with Gasteiger partial charge in [-0.25, -0.2) is 14.8 Å². The van der Waals surface area contributed by atoms with Crippen molar-refractivity contribution >= 4 is 17.0 Å². The molecule has 3 aromatic rings. The highest BCUT2D eigenvalue weighted by Gasteiger charge is 2.52. The summed E-state index contributed by atoms with van der Waals surface area (Å²) in [6, 6.07) is 7.07. The van der Waals surface area contributed by atoms with Crippen molar-refractivity contribution in [3.05, 3.63) is 58.1 Å². The fraction of sp³-hybridized carbons (Fsp3) is 0.333. The average Bonchev–Trinajstić information content (AvgIpc) is 3.11. The highest BCUT2D eigenvalue weighted by molar-refractivity contribution is 5.80. The van der Waals surface area contributed by atoms with E-state index < -0.39 is 11.4 Å². The molecule has 8 heteroatoms. The normalized spacial score (nSPS) is 17.5. The van der Waals surface area contributed by atoms with Gasteiger partial charge in [0.1, 0.15) is 18.0 Å². The molecule has 0 aliphatic carbocycles. The topological polar surface area (TPSA) is 90.5 Å². The summed E-state index contributed by atoms with van der Waals surface area (Å²) >= 11 is 0. The van der Waals surface area contributed by atoms with Crippen LogP contribution in [-0.4, -0.2) is 38.4 Å². The van der Waals surface area contributed by atoms with E-state index in [0.29, 0.717) is 36.6 Å². The quantitative estimate of drug-likeness (QED) is 0.682. The molecule has 1 amide bonds. The van der Waals surface area contributed by atoms with Crippen molar-refractivity contribution in [2.24, 2.45) is 0 Å². The molecule has 1 fully saturated rings. The summed E-state index contributed by atoms with van der Waals surface area (Å²) in [7, 11) is 0. The fourth-order valence-corrected chi connectivity index (χ4v) is 3.70. The number of hydrogen-bond donors (Lipinski definition) is 0. The minimum Gasteiger partial charge on any atom is -0.408 e. The average molecular weight is 352 g/mol. The number of aryl methyl sites for hydroxylation is 1. The number of nitrogens with zero attached hydrogens (tertiary/aromatic N) is 4. The van der Waals surface area contributed by atoms with Gasteiger partial charge in [-0.3, -0.25) is 9.36 Å². The fourth-order valence-electron chi connectivity index (χ4n) is 3.70. The van der Waals surface area contributed by atoms with Crippen LogP contribution in [0.5, 0.6) is 0 Å². The van der Waals surface area contributed by atoms with Gasteiger partial charge in [-0.15, -0.1) is 0 Å². The van der Waals surface area contributed by atoms with Crippen LogP contribution in [0.25, 0.3) is 11.1 Å². The second kappa shape index (κ2) is 5.25. The first-order valence-electron chi connectivity index (χ1n) is 8.39. The van der Waals surface area contributed by atoms with Gasteiger partial charge < -0.3 is 14.1 Å². The van der Waals surface area contributed by atoms with E-state index in [1.807, 2.05) is 13.0 Å². The van der Waals surface area contributed by atoms with Crippen LogP contribution in [0.2, 0.25) is 0 Å². The van der Waals surface area contributed by atoms with Gasteiger partial charge in [0.25, 0.3) is 0 Å². The lowest BCUT2D eigenvalue weighted by molar-refractivity contribution is -0.169. The molecule has 26 heavy (non-hydrogen) atoms. The monoisotopic (exact) mass is 352 g/mol. The molecule has 0 unspecified atom stereocenters. The van der Waals surface area contributed by atoms with Crippen LogP contribution < -0.4 is 5.76 Å². The molecule has 0 N–H and O–H groups in total. The molecular weight excluding hydrogens is 336 g/mol. The van der Waals surface area contributed by atoms with Crippen LogP contribution in [0.4, 0.5) is 0 Å². The molecule has 2 aliphatic heterocycles. The molecule has 2 aliphatic rings. The Balaban J connectivity index is 1.35. The zero-order chi connectivity index (χ0) is 17.9. The summed E-state index contributed by atoms with van der Waals surface area (Å²) < 4.78 is 12.5. The van der Waals surface area contributed by atoms with E-state index >= 15 is 0 Å². The van der Waals surface area contributed by atoms with E-state index in [2.05, 4.69) is 9.97 Å². The first kappa shape index (κ1) is 15.3. The molecule has 0 bridgehead atoms. The van der Waals surface area contributed by atoms with Gasteiger partial charge >= 0.3 is 5.76 Å². The predicted molar refractivity (Wildman–Crippen MR) is 90.3 cm³/mol. The number of benzene rings is 1. The number of para-hydroxylation sites is 2. The maximum absolute atomic E-state index is 12.6. The Hall–Kier alpha value is -3.00. The smallest absolute Gasteiger partial charge is 0.408 e. The molecule has 0 radical (unpaired) electrons. The minimum absolute atomic E-state index is 0.0524. The third-order valence-corrected chi connectivity index (χ3v) is 5.08. The number of carbonyl (C=O) groups is 1. The van der Waals surface area contributed by atoms with E-state index in [-0.39, 0.29) is 12.5 Å². The van der Waals surface area contributed by atoms with E-state index in [0.717, 1.165) is 11.3 Å². The third-order valence-electron chi connectivity index (χ3n) is 5.08. The van der Waals surface area contributed by atoms with Gasteiger partial charge in [0.05, 0.1) is 30.9 Å². The number of ether oxygens (including phenoxy) is 1. The molecule has 0 saturated carbocycles. The summed E-state index contributed by atoms with van der Waals surface area (Å²) in [5.41, 5.74) is 2.43. The predicted octanol–water partition coefficient (Wildman–Crippen LogP) is 0.961. The van der Waals surface area contributed by atoms with E-state index in [9.17, 15) is 9.59 Å². The number of rotatable bonds is 2. The second-order valence-corrected chi connectivity index (χ2v) is 6.73. The van der Waals surface area contributed by atoms with Crippen molar-refractivity contribution in [1.29, 1.82) is 0 Å². The molecular formula is C18H16N4O4. The third kappa shape index (κ3) is 2.12. The number of fused-ring (bicyclic) bond motifs is 3. The minimum atomic E-state index is -0.527. The maximum atomic E-state index is 12.6. The van der Waals surface area contributed by atoms with E-state index in [4.69, 9.17) is 9.15 Å². The summed E-state index contributed by atoms with van der Waals surface area (Å²) in [5.74, 6) is 0.0401. The van der Waals surface area contributed by atoms with E-state index in [1.54, 1.807) is 29.3 Å². The zero-order valence-electron chi connectivity index (χ0n) is 14.1. The van der Waals surface area contributed by atoms with Gasteiger partial charge in [-0.2, -0.15) is 0 Å². The number of oxazole rings is 1. The lowest BCUT2D eigenvalue weighted by Gasteiger charge is -2.47. The van der Waals surface area contributed by atoms with Crippen molar-refractivity contribution < 1.29 is 13.9 Å². The Morgan fingerprint density at radius 2 is 2.12 bits per heavy atom. The summed E-state index contributed by atoms with van der Waals surface area (Å²) in [6.45, 7) is 3.11. The Bertz CT molecular complexity index is 1090. The van der Waals surface area contributed by atoms with Crippen LogP contribution in [0.15, 0.2) is 39.7 Å². The highest BCUT2D eigenvalue weighted by atomic mass is 16.5. The molecule has 2 aromatic heterocycles. The Kier molecular flexibility index (Phi) is 3.08. The van der Waals surface area contributed by atoms with E-state index in [1.165, 1.54) is 4.57 Å². The Morgan fingerprint density at radius 3 is 2.96 bits per heavy atom. The summed E-state index contributed by atoms with van der Waals surface area (Å²) in [4.78, 5) is 35.0. The van der Waals surface area contributed by atoms with Gasteiger partial charge in [0.15, 0.2) is 5.58 Å². The molecule has 0 atom stereocenters. The first-order chi connectivity index (χ1) is 12.6. The summed E-state index contributed by atoms with van der Waals surface area (Å²) in [6.07, 6.45) is 1.79. The van der Waals surface area contributed by atoms with Crippen molar-refractivity contribution in [3.63, 3.8) is 0 Å². The zero-order valence-corrected chi connectivity index (χ0v) is 14.1. The van der Waals surface area contributed by atoms with Gasteiger partial charge in [0, 0.05) is 11.8 Å². The molecule has 4 heterocycles. The maximum Gasteiger partial charge on any atom is 0.420 e. The van der Waals surface area contributed by atoms with Crippen molar-refractivity contribution in [2.45, 2.75) is 25.7 Å². The SMILES string of the molecule is Cc1ncc2c(n1)COC21CN(C(=O)Cn2c(=O)oc3ccccc32)C1. The molecule has 8 nitrogen and oxygen atoms in total. The number of likely N-dealkylation sites (tertiary alicyclic amines) is 1. The van der Waals surface area contributed by atoms with Gasteiger partial charge in [0.2, 0.25) is 5.91 Å². The number of amides is 1. The number of hydrogen-bond acceptors (Lipinski definition) is 6. The van der Waals surface area contributed by atoms with Crippen LogP contribution in [0.1, 0.15) is 17.1 Å². The lowest BCUT2D eigenvalue weighted by atomic mass is 9.87. The first-order valence-corrected chi connectivity index (χ1v) is 8.39. The summed E-state index contributed by atoms with van der Waals surface area (Å²) in [5, 5.41) is 0. The van der Waals surface area contributed by atoms with Crippen LogP contribution in [-0.2, 0) is 28.3 Å². The number of carbonyl (C=O) groups excluding carboxylic acids is 1. The van der Waals surface area contributed by atoms with Crippen LogP contribution in [0.3, 0.4) is 0 Å². The molecule has 1 saturated heterocycles. The standard InChI is InChI=1S/C18H16N4O4/c1-11-19-6-12-13(20-11)8-25-18(12)9-21(10-18)16(23)7-22-14-4-2-3-5-15(14)26-17(22)24/h2-6H,7-10H2,1H3. The van der Waals surface area contributed by atoms with Crippen LogP contribution >= 0.6 is 0 Å². The van der Waals surface area contributed by atoms with Crippen LogP contribution in [0, 0.1) is 6.92 Å². The van der Waals surface area contributed by atoms with Gasteiger partial charge in [-0.05, 0) is 19.1 Å². The molecule has 5 rings (SSSR count). The van der Waals surface area contributed by atoms with Crippen molar-refractivity contribution in [3.8, 4) is 0 Å². The lowest BCUT2D eigenvalue weighted by Crippen LogP contribution is -2.61. The molecule has 1 aromatic carbocycles. The largest absolute Gasteiger partial charge is 0.420 e. The molecule has 132 valence electrons. The Labute approximate surface area is 148 Å².